The van der Waals surface area contributed by atoms with Gasteiger partial charge in [-0.15, -0.1) is 0 Å². The second-order valence-electron chi connectivity index (χ2n) is 6.92. The van der Waals surface area contributed by atoms with Crippen LogP contribution in [0, 0.1) is 29.6 Å². The van der Waals surface area contributed by atoms with E-state index in [9.17, 15) is 0 Å². The second-order valence-corrected chi connectivity index (χ2v) is 6.92. The molecule has 0 heterocycles. The summed E-state index contributed by atoms with van der Waals surface area (Å²) in [6, 6.07) is 9.93. The lowest BCUT2D eigenvalue weighted by Gasteiger charge is -2.26. The zero-order chi connectivity index (χ0) is 16.3. The first-order chi connectivity index (χ1) is 11.3. The molecule has 0 aliphatic heterocycles. The van der Waals surface area contributed by atoms with E-state index in [-0.39, 0.29) is 0 Å². The van der Waals surface area contributed by atoms with Gasteiger partial charge in [0, 0.05) is 6.42 Å². The summed E-state index contributed by atoms with van der Waals surface area (Å²) in [6.07, 6.45) is 19.3. The fourth-order valence-corrected chi connectivity index (χ4v) is 3.52. The van der Waals surface area contributed by atoms with Gasteiger partial charge in [0.15, 0.2) is 0 Å². The molecule has 123 valence electrons. The standard InChI is InChI=1S/C22H30N/c1-2-3-4-5-7-19-10-12-20(13-11-19)8-6-9-21-14-16-22(18-23)17-15-21/h6,8-9,14-17,19-20H,2-5,7,10-13H2,1H3/b8-6+/t19-,20-. The number of nitrogens with zero attached hydrogens (tertiary/aromatic N) is 1. The largest absolute Gasteiger partial charge is 0.192 e. The monoisotopic (exact) mass is 308 g/mol. The molecule has 1 aromatic carbocycles. The minimum absolute atomic E-state index is 0.725. The van der Waals surface area contributed by atoms with Gasteiger partial charge in [-0.1, -0.05) is 63.3 Å². The summed E-state index contributed by atoms with van der Waals surface area (Å²) in [5.74, 6) is 1.75. The molecule has 0 unspecified atom stereocenters. The fraction of sp³-hybridized carbons (Fsp3) is 0.545. The highest BCUT2D eigenvalue weighted by molar-refractivity contribution is 5.36. The number of unbranched alkanes of at least 4 members (excludes halogenated alkanes) is 3. The van der Waals surface area contributed by atoms with Crippen molar-refractivity contribution in [2.45, 2.75) is 64.7 Å². The van der Waals surface area contributed by atoms with Gasteiger partial charge in [-0.25, -0.2) is 0 Å². The number of rotatable bonds is 8. The van der Waals surface area contributed by atoms with Gasteiger partial charge in [0.2, 0.25) is 0 Å². The highest BCUT2D eigenvalue weighted by Crippen LogP contribution is 2.32. The molecule has 0 spiro atoms. The molecule has 1 saturated carbocycles. The molecule has 1 aliphatic carbocycles. The summed E-state index contributed by atoms with van der Waals surface area (Å²) in [4.78, 5) is 0. The topological polar surface area (TPSA) is 23.8 Å². The van der Waals surface area contributed by atoms with Gasteiger partial charge in [0.05, 0.1) is 11.6 Å². The highest BCUT2D eigenvalue weighted by atomic mass is 14.2. The van der Waals surface area contributed by atoms with Crippen LogP contribution in [0.1, 0.15) is 75.8 Å². The van der Waals surface area contributed by atoms with Crippen LogP contribution in [0.5, 0.6) is 0 Å². The Morgan fingerprint density at radius 1 is 1.04 bits per heavy atom. The Balaban J connectivity index is 1.64. The normalized spacial score (nSPS) is 21.4. The van der Waals surface area contributed by atoms with Gasteiger partial charge in [-0.05, 0) is 55.2 Å². The smallest absolute Gasteiger partial charge is 0.0991 e. The van der Waals surface area contributed by atoms with Crippen LogP contribution in [0.25, 0.3) is 0 Å². The SMILES string of the molecule is CCCCCC[C@H]1CC[C@H](/C=C/[CH]c2ccc(C#N)cc2)CC1. The van der Waals surface area contributed by atoms with Crippen LogP contribution in [-0.4, -0.2) is 0 Å². The van der Waals surface area contributed by atoms with Crippen molar-refractivity contribution in [3.63, 3.8) is 0 Å². The van der Waals surface area contributed by atoms with Crippen LogP contribution >= 0.6 is 0 Å². The van der Waals surface area contributed by atoms with E-state index in [0.29, 0.717) is 0 Å². The van der Waals surface area contributed by atoms with Crippen molar-refractivity contribution in [1.29, 1.82) is 5.26 Å². The summed E-state index contributed by atoms with van der Waals surface area (Å²) in [5.41, 5.74) is 1.90. The van der Waals surface area contributed by atoms with Crippen molar-refractivity contribution < 1.29 is 0 Å². The maximum absolute atomic E-state index is 8.80. The van der Waals surface area contributed by atoms with Crippen molar-refractivity contribution >= 4 is 0 Å². The van der Waals surface area contributed by atoms with E-state index in [4.69, 9.17) is 5.26 Å². The molecule has 1 aromatic rings. The minimum atomic E-state index is 0.725. The third kappa shape index (κ3) is 6.61. The lowest BCUT2D eigenvalue weighted by Crippen LogP contribution is -2.13. The lowest BCUT2D eigenvalue weighted by atomic mass is 9.79. The zero-order valence-corrected chi connectivity index (χ0v) is 14.5. The van der Waals surface area contributed by atoms with E-state index in [2.05, 4.69) is 31.6 Å². The van der Waals surface area contributed by atoms with E-state index in [1.165, 1.54) is 63.4 Å². The first-order valence-corrected chi connectivity index (χ1v) is 9.33. The molecule has 0 saturated heterocycles. The molecule has 23 heavy (non-hydrogen) atoms. The minimum Gasteiger partial charge on any atom is -0.192 e. The molecule has 0 amide bonds. The Morgan fingerprint density at radius 3 is 2.43 bits per heavy atom. The lowest BCUT2D eigenvalue weighted by molar-refractivity contribution is 0.289. The van der Waals surface area contributed by atoms with Crippen molar-refractivity contribution in [3.8, 4) is 6.07 Å². The Bertz CT molecular complexity index is 498. The average molecular weight is 308 g/mol. The number of benzene rings is 1. The average Bonchev–Trinajstić information content (AvgIpc) is 2.60. The van der Waals surface area contributed by atoms with Crippen LogP contribution in [0.15, 0.2) is 36.4 Å². The first-order valence-electron chi connectivity index (χ1n) is 9.33. The Morgan fingerprint density at radius 2 is 1.78 bits per heavy atom. The maximum Gasteiger partial charge on any atom is 0.0991 e. The van der Waals surface area contributed by atoms with Gasteiger partial charge in [0.25, 0.3) is 0 Å². The molecule has 0 atom stereocenters. The fourth-order valence-electron chi connectivity index (χ4n) is 3.52. The number of hydrogen-bond acceptors (Lipinski definition) is 1. The number of nitriles is 1. The highest BCUT2D eigenvalue weighted by Gasteiger charge is 2.18. The van der Waals surface area contributed by atoms with Gasteiger partial charge < -0.3 is 0 Å². The molecule has 1 radical (unpaired) electrons. The first kappa shape index (κ1) is 17.8. The molecule has 2 rings (SSSR count). The van der Waals surface area contributed by atoms with E-state index in [0.717, 1.165) is 17.4 Å². The summed E-state index contributed by atoms with van der Waals surface area (Å²) in [6.45, 7) is 2.28. The van der Waals surface area contributed by atoms with Crippen LogP contribution < -0.4 is 0 Å². The molecule has 0 bridgehead atoms. The van der Waals surface area contributed by atoms with E-state index >= 15 is 0 Å². The molecule has 0 aromatic heterocycles. The van der Waals surface area contributed by atoms with E-state index in [1.807, 2.05) is 24.3 Å². The van der Waals surface area contributed by atoms with E-state index < -0.39 is 0 Å². The van der Waals surface area contributed by atoms with Gasteiger partial charge in [-0.2, -0.15) is 5.26 Å². The second kappa shape index (κ2) is 10.3. The van der Waals surface area contributed by atoms with Crippen molar-refractivity contribution in [2.75, 3.05) is 0 Å². The van der Waals surface area contributed by atoms with Crippen molar-refractivity contribution in [2.24, 2.45) is 11.8 Å². The zero-order valence-electron chi connectivity index (χ0n) is 14.5. The van der Waals surface area contributed by atoms with Gasteiger partial charge >= 0.3 is 0 Å². The Hall–Kier alpha value is -1.55. The third-order valence-corrected chi connectivity index (χ3v) is 5.07. The summed E-state index contributed by atoms with van der Waals surface area (Å²) in [7, 11) is 0. The number of hydrogen-bond donors (Lipinski definition) is 0. The summed E-state index contributed by atoms with van der Waals surface area (Å²) in [5, 5.41) is 8.80. The molecule has 1 nitrogen and oxygen atoms in total. The molecule has 1 aliphatic rings. The Kier molecular flexibility index (Phi) is 7.95. The quantitative estimate of drug-likeness (QED) is 0.507. The predicted octanol–water partition coefficient (Wildman–Crippen LogP) is 6.44. The van der Waals surface area contributed by atoms with Crippen LogP contribution in [0.3, 0.4) is 0 Å². The summed E-state index contributed by atoms with van der Waals surface area (Å²) < 4.78 is 0. The number of allylic oxidation sites excluding steroid dienone is 2. The van der Waals surface area contributed by atoms with Gasteiger partial charge in [0.1, 0.15) is 0 Å². The molecule has 0 N–H and O–H groups in total. The Labute approximate surface area is 142 Å². The third-order valence-electron chi connectivity index (χ3n) is 5.07. The summed E-state index contributed by atoms with van der Waals surface area (Å²) >= 11 is 0. The van der Waals surface area contributed by atoms with Crippen LogP contribution in [0.4, 0.5) is 0 Å². The molecule has 1 fully saturated rings. The molecule has 1 heteroatoms. The maximum atomic E-state index is 8.80. The van der Waals surface area contributed by atoms with Gasteiger partial charge in [-0.3, -0.25) is 0 Å². The molecular weight excluding hydrogens is 278 g/mol. The molecular formula is C22H30N. The predicted molar refractivity (Wildman–Crippen MR) is 97.9 cm³/mol. The van der Waals surface area contributed by atoms with Crippen molar-refractivity contribution in [3.05, 3.63) is 54.0 Å². The van der Waals surface area contributed by atoms with Crippen LogP contribution in [0.2, 0.25) is 0 Å². The van der Waals surface area contributed by atoms with Crippen LogP contribution in [-0.2, 0) is 0 Å². The van der Waals surface area contributed by atoms with Crippen molar-refractivity contribution in [1.82, 2.24) is 0 Å². The van der Waals surface area contributed by atoms with E-state index in [1.54, 1.807) is 0 Å².